The summed E-state index contributed by atoms with van der Waals surface area (Å²) in [5.74, 6) is 0.765. The number of halogens is 3. The van der Waals surface area contributed by atoms with E-state index in [9.17, 15) is 23.1 Å². The third kappa shape index (κ3) is 5.62. The van der Waals surface area contributed by atoms with Crippen molar-refractivity contribution in [2.45, 2.75) is 29.6 Å². The molecule has 0 aliphatic carbocycles. The lowest BCUT2D eigenvalue weighted by Crippen LogP contribution is -2.47. The summed E-state index contributed by atoms with van der Waals surface area (Å²) < 4.78 is 45.7. The van der Waals surface area contributed by atoms with Crippen LogP contribution in [-0.2, 0) is 6.18 Å². The van der Waals surface area contributed by atoms with Gasteiger partial charge in [0.2, 0.25) is 0 Å². The van der Waals surface area contributed by atoms with Crippen molar-refractivity contribution in [1.29, 1.82) is 0 Å². The van der Waals surface area contributed by atoms with Gasteiger partial charge >= 0.3 is 6.18 Å². The lowest BCUT2D eigenvalue weighted by molar-refractivity contribution is -0.137. The van der Waals surface area contributed by atoms with Gasteiger partial charge < -0.3 is 15.2 Å². The van der Waals surface area contributed by atoms with E-state index in [0.717, 1.165) is 28.3 Å². The highest BCUT2D eigenvalue weighted by atomic mass is 32.2. The van der Waals surface area contributed by atoms with E-state index in [4.69, 9.17) is 4.74 Å². The van der Waals surface area contributed by atoms with Crippen molar-refractivity contribution < 1.29 is 23.0 Å². The van der Waals surface area contributed by atoms with E-state index < -0.39 is 17.8 Å². The smallest absolute Gasteiger partial charge is 0.417 e. The number of piperidine rings is 1. The largest absolute Gasteiger partial charge is 0.496 e. The van der Waals surface area contributed by atoms with Gasteiger partial charge in [-0.3, -0.25) is 4.79 Å². The van der Waals surface area contributed by atoms with E-state index >= 15 is 0 Å². The number of alkyl halides is 3. The summed E-state index contributed by atoms with van der Waals surface area (Å²) in [4.78, 5) is 17.0. The van der Waals surface area contributed by atoms with Crippen molar-refractivity contribution in [1.82, 2.24) is 19.5 Å². The number of aliphatic hydroxyl groups is 1. The van der Waals surface area contributed by atoms with Crippen LogP contribution in [0.2, 0.25) is 0 Å². The number of nitrogens with one attached hydrogen (secondary N) is 2. The van der Waals surface area contributed by atoms with Gasteiger partial charge in [-0.2, -0.15) is 18.3 Å². The van der Waals surface area contributed by atoms with Gasteiger partial charge in [0.1, 0.15) is 11.6 Å². The molecule has 1 aliphatic heterocycles. The molecule has 12 heteroatoms. The van der Waals surface area contributed by atoms with Gasteiger partial charge in [0, 0.05) is 29.6 Å². The molecule has 0 amide bonds. The van der Waals surface area contributed by atoms with Gasteiger partial charge in [0.05, 0.1) is 36.4 Å². The number of pyridine rings is 1. The molecule has 0 spiro atoms. The first-order valence-corrected chi connectivity index (χ1v) is 12.6. The highest BCUT2D eigenvalue weighted by Crippen LogP contribution is 2.33. The molecule has 2 aromatic carbocycles. The lowest BCUT2D eigenvalue weighted by Gasteiger charge is -2.35. The number of rotatable bonds is 6. The first kappa shape index (κ1) is 26.0. The Balaban J connectivity index is 1.21. The zero-order valence-electron chi connectivity index (χ0n) is 20.2. The number of benzene rings is 2. The quantitative estimate of drug-likeness (QED) is 0.304. The Labute approximate surface area is 220 Å². The maximum absolute atomic E-state index is 12.7. The Bertz CT molecular complexity index is 1480. The molecule has 0 saturated carbocycles. The zero-order valence-corrected chi connectivity index (χ0v) is 21.0. The molecule has 1 aliphatic rings. The van der Waals surface area contributed by atoms with Crippen LogP contribution >= 0.6 is 11.9 Å². The molecule has 0 bridgehead atoms. The first-order chi connectivity index (χ1) is 18.2. The Kier molecular flexibility index (Phi) is 7.28. The molecule has 8 nitrogen and oxygen atoms in total. The molecule has 198 valence electrons. The van der Waals surface area contributed by atoms with Crippen LogP contribution in [0.15, 0.2) is 70.6 Å². The van der Waals surface area contributed by atoms with Crippen LogP contribution in [0.4, 0.5) is 19.0 Å². The van der Waals surface area contributed by atoms with Crippen LogP contribution in [0, 0.1) is 0 Å². The summed E-state index contributed by atoms with van der Waals surface area (Å²) in [6.45, 7) is 1.05. The second kappa shape index (κ2) is 10.6. The minimum absolute atomic E-state index is 0.296. The average Bonchev–Trinajstić information content (AvgIpc) is 2.90. The van der Waals surface area contributed by atoms with E-state index in [1.54, 1.807) is 6.20 Å². The van der Waals surface area contributed by atoms with Crippen LogP contribution in [0.1, 0.15) is 12.0 Å². The molecule has 2 unspecified atom stereocenters. The number of ether oxygens (including phenoxy) is 1. The molecule has 38 heavy (non-hydrogen) atoms. The molecule has 0 radical (unpaired) electrons. The summed E-state index contributed by atoms with van der Waals surface area (Å²) in [5.41, 5.74) is 0.710. The fourth-order valence-electron chi connectivity index (χ4n) is 4.37. The molecule has 3 heterocycles. The van der Waals surface area contributed by atoms with Crippen molar-refractivity contribution in [2.75, 3.05) is 25.5 Å². The predicted molar refractivity (Wildman–Crippen MR) is 139 cm³/mol. The number of H-pyrrole nitrogens is 1. The Morgan fingerprint density at radius 1 is 1.13 bits per heavy atom. The number of hydrogen-bond donors (Lipinski definition) is 3. The van der Waals surface area contributed by atoms with Gasteiger partial charge in [0.15, 0.2) is 0 Å². The summed E-state index contributed by atoms with van der Waals surface area (Å²) in [5, 5.41) is 21.1. The number of aromatic nitrogens is 3. The van der Waals surface area contributed by atoms with E-state index in [0.29, 0.717) is 41.9 Å². The molecule has 4 aromatic rings. The van der Waals surface area contributed by atoms with Crippen LogP contribution in [-0.4, -0.2) is 56.9 Å². The summed E-state index contributed by atoms with van der Waals surface area (Å²) >= 11 is 1.52. The number of aromatic amines is 1. The zero-order chi connectivity index (χ0) is 26.9. The van der Waals surface area contributed by atoms with E-state index in [1.165, 1.54) is 25.1 Å². The maximum atomic E-state index is 12.7. The standard InChI is InChI=1S/C26H24F3N5O3S/c1-37-22-11-16(10-17-12-31-33-25(36)24(17)22)15-2-5-19(6-3-15)38-34-9-8-20(21(35)14-34)32-23-7-4-18(13-30-23)26(27,28)29/h2-7,10-13,20-21,35H,8-9,14H2,1H3,(H,30,32)(H,33,36). The average molecular weight is 544 g/mol. The van der Waals surface area contributed by atoms with Crippen molar-refractivity contribution in [3.63, 3.8) is 0 Å². The van der Waals surface area contributed by atoms with E-state index in [2.05, 4.69) is 24.8 Å². The summed E-state index contributed by atoms with van der Waals surface area (Å²) in [6, 6.07) is 13.6. The fraction of sp³-hybridized carbons (Fsp3) is 0.269. The molecule has 2 atom stereocenters. The Morgan fingerprint density at radius 3 is 2.58 bits per heavy atom. The highest BCUT2D eigenvalue weighted by Gasteiger charge is 2.31. The molecular weight excluding hydrogens is 519 g/mol. The van der Waals surface area contributed by atoms with E-state index in [1.807, 2.05) is 36.4 Å². The minimum atomic E-state index is -4.44. The van der Waals surface area contributed by atoms with Gasteiger partial charge in [-0.1, -0.05) is 12.1 Å². The molecule has 1 saturated heterocycles. The molecule has 1 fully saturated rings. The van der Waals surface area contributed by atoms with Gasteiger partial charge in [-0.15, -0.1) is 0 Å². The van der Waals surface area contributed by atoms with Crippen LogP contribution in [0.3, 0.4) is 0 Å². The normalized spacial score (nSPS) is 18.4. The Morgan fingerprint density at radius 2 is 1.92 bits per heavy atom. The van der Waals surface area contributed by atoms with Crippen molar-refractivity contribution >= 4 is 28.5 Å². The number of aliphatic hydroxyl groups excluding tert-OH is 1. The summed E-state index contributed by atoms with van der Waals surface area (Å²) in [6.07, 6.45) is -2.19. The first-order valence-electron chi connectivity index (χ1n) is 11.8. The molecule has 3 N–H and O–H groups in total. The number of nitrogens with zero attached hydrogens (tertiary/aromatic N) is 3. The van der Waals surface area contributed by atoms with E-state index in [-0.39, 0.29) is 11.6 Å². The number of anilines is 1. The Hall–Kier alpha value is -3.61. The summed E-state index contributed by atoms with van der Waals surface area (Å²) in [7, 11) is 1.52. The van der Waals surface area contributed by atoms with Gasteiger partial charge in [-0.25, -0.2) is 14.4 Å². The maximum Gasteiger partial charge on any atom is 0.417 e. The van der Waals surface area contributed by atoms with Crippen molar-refractivity contribution in [2.24, 2.45) is 0 Å². The number of β-amino-alcohol motifs (C(OH)–C–C–N with tert-alkyl or cyclic N) is 1. The third-order valence-electron chi connectivity index (χ3n) is 6.34. The second-order valence-corrected chi connectivity index (χ2v) is 10.1. The topological polar surface area (TPSA) is 103 Å². The predicted octanol–water partition coefficient (Wildman–Crippen LogP) is 4.57. The highest BCUT2D eigenvalue weighted by molar-refractivity contribution is 7.97. The molecule has 5 rings (SSSR count). The van der Waals surface area contributed by atoms with Crippen LogP contribution < -0.4 is 15.6 Å². The number of fused-ring (bicyclic) bond motifs is 1. The SMILES string of the molecule is COc1cc(-c2ccc(SN3CCC(Nc4ccc(C(F)(F)F)cn4)C(O)C3)cc2)cc2cn[nH]c(=O)c12. The molecular formula is C26H24F3N5O3S. The van der Waals surface area contributed by atoms with Crippen molar-refractivity contribution in [3.8, 4) is 16.9 Å². The second-order valence-electron chi connectivity index (χ2n) is 8.88. The van der Waals surface area contributed by atoms with Crippen LogP contribution in [0.5, 0.6) is 5.75 Å². The number of methoxy groups -OCH3 is 1. The van der Waals surface area contributed by atoms with Gasteiger partial charge in [-0.05, 0) is 65.9 Å². The van der Waals surface area contributed by atoms with Crippen molar-refractivity contribution in [3.05, 3.63) is 76.8 Å². The van der Waals surface area contributed by atoms with Crippen LogP contribution in [0.25, 0.3) is 21.9 Å². The monoisotopic (exact) mass is 543 g/mol. The number of hydrogen-bond acceptors (Lipinski definition) is 8. The third-order valence-corrected chi connectivity index (χ3v) is 7.41. The lowest BCUT2D eigenvalue weighted by atomic mass is 10.0. The minimum Gasteiger partial charge on any atom is -0.496 e. The van der Waals surface area contributed by atoms with Gasteiger partial charge in [0.25, 0.3) is 5.56 Å². The molecule has 2 aromatic heterocycles. The fourth-order valence-corrected chi connectivity index (χ4v) is 5.35.